The van der Waals surface area contributed by atoms with Crippen molar-refractivity contribution in [3.63, 3.8) is 0 Å². The highest BCUT2D eigenvalue weighted by atomic mass is 15.2. The fourth-order valence-corrected chi connectivity index (χ4v) is 5.75. The molecule has 42 heavy (non-hydrogen) atoms. The third-order valence-electron chi connectivity index (χ3n) is 8.42. The Labute approximate surface area is 258 Å². The van der Waals surface area contributed by atoms with Gasteiger partial charge in [0.2, 0.25) is 0 Å². The van der Waals surface area contributed by atoms with E-state index < -0.39 is 0 Å². The number of allylic oxidation sites excluding steroid dienone is 20. The Bertz CT molecular complexity index is 1200. The molecule has 0 atom stereocenters. The minimum Gasteiger partial charge on any atom is -0.159 e. The van der Waals surface area contributed by atoms with Gasteiger partial charge in [0.05, 0.1) is 0 Å². The van der Waals surface area contributed by atoms with Crippen molar-refractivity contribution in [2.75, 3.05) is 0 Å². The van der Waals surface area contributed by atoms with Gasteiger partial charge in [-0.25, -0.2) is 0 Å². The summed E-state index contributed by atoms with van der Waals surface area (Å²) in [7, 11) is 0. The van der Waals surface area contributed by atoms with Crippen molar-refractivity contribution in [3.05, 3.63) is 117 Å². The van der Waals surface area contributed by atoms with Crippen LogP contribution in [0.3, 0.4) is 0 Å². The van der Waals surface area contributed by atoms with Gasteiger partial charge in [-0.1, -0.05) is 111 Å². The lowest BCUT2D eigenvalue weighted by atomic mass is 9.72. The molecule has 0 unspecified atom stereocenters. The summed E-state index contributed by atoms with van der Waals surface area (Å²) in [5.74, 6) is 0. The monoisotopic (exact) mass is 564 g/mol. The van der Waals surface area contributed by atoms with Crippen molar-refractivity contribution in [3.8, 4) is 0 Å². The Kier molecular flexibility index (Phi) is 14.1. The predicted molar refractivity (Wildman–Crippen MR) is 189 cm³/mol. The van der Waals surface area contributed by atoms with E-state index in [4.69, 9.17) is 0 Å². The van der Waals surface area contributed by atoms with E-state index in [2.05, 4.69) is 140 Å². The van der Waals surface area contributed by atoms with Crippen molar-refractivity contribution < 1.29 is 0 Å². The van der Waals surface area contributed by atoms with E-state index in [-0.39, 0.29) is 10.8 Å². The second-order valence-corrected chi connectivity index (χ2v) is 13.4. The van der Waals surface area contributed by atoms with Crippen LogP contribution < -0.4 is 0 Å². The summed E-state index contributed by atoms with van der Waals surface area (Å²) >= 11 is 0. The summed E-state index contributed by atoms with van der Waals surface area (Å²) in [5.41, 5.74) is 11.4. The molecule has 2 rings (SSSR count). The average Bonchev–Trinajstić information content (AvgIpc) is 2.89. The SMILES string of the molecule is CC(C=CC1=C(C)CCCC1(C)C)=CC=CC(C)=CC=NN=CC=C(C)C=CC=C(C)C=CC1=C(C)CCCC1(C)C. The smallest absolute Gasteiger partial charge is 0.0498 e. The van der Waals surface area contributed by atoms with E-state index >= 15 is 0 Å². The first-order valence-corrected chi connectivity index (χ1v) is 15.7. The maximum atomic E-state index is 4.13. The molecule has 0 heterocycles. The van der Waals surface area contributed by atoms with E-state index in [1.165, 1.54) is 72.0 Å². The Hall–Kier alpha value is -3.26. The third-order valence-corrected chi connectivity index (χ3v) is 8.42. The van der Waals surface area contributed by atoms with Crippen LogP contribution in [0.1, 0.15) is 108 Å². The topological polar surface area (TPSA) is 24.7 Å². The van der Waals surface area contributed by atoms with Gasteiger partial charge >= 0.3 is 0 Å². The zero-order valence-electron chi connectivity index (χ0n) is 28.2. The van der Waals surface area contributed by atoms with Gasteiger partial charge in [0, 0.05) is 12.4 Å². The minimum atomic E-state index is 0.277. The first-order valence-electron chi connectivity index (χ1n) is 15.7. The summed E-state index contributed by atoms with van der Waals surface area (Å²) in [4.78, 5) is 0. The highest BCUT2D eigenvalue weighted by Crippen LogP contribution is 2.41. The first-order chi connectivity index (χ1) is 19.8. The molecular weight excluding hydrogens is 508 g/mol. The van der Waals surface area contributed by atoms with Gasteiger partial charge in [0.25, 0.3) is 0 Å². The minimum absolute atomic E-state index is 0.277. The summed E-state index contributed by atoms with van der Waals surface area (Å²) in [5, 5.41) is 8.26. The molecule has 0 radical (unpaired) electrons. The molecule has 2 heteroatoms. The molecule has 0 saturated carbocycles. The van der Waals surface area contributed by atoms with Crippen LogP contribution in [0.2, 0.25) is 0 Å². The second kappa shape index (κ2) is 17.0. The molecule has 2 aliphatic rings. The Balaban J connectivity index is 1.84. The van der Waals surface area contributed by atoms with Crippen molar-refractivity contribution >= 4 is 12.4 Å². The van der Waals surface area contributed by atoms with E-state index in [1.54, 1.807) is 12.4 Å². The summed E-state index contributed by atoms with van der Waals surface area (Å²) in [6, 6.07) is 0. The third kappa shape index (κ3) is 12.3. The highest BCUT2D eigenvalue weighted by molar-refractivity contribution is 5.76. The molecule has 0 saturated heterocycles. The molecule has 0 aromatic carbocycles. The number of nitrogens with zero attached hydrogens (tertiary/aromatic N) is 2. The molecule has 0 spiro atoms. The lowest BCUT2D eigenvalue weighted by molar-refractivity contribution is 0.376. The maximum Gasteiger partial charge on any atom is 0.0498 e. The van der Waals surface area contributed by atoms with Crippen LogP contribution in [-0.4, -0.2) is 12.4 Å². The van der Waals surface area contributed by atoms with Gasteiger partial charge in [-0.3, -0.25) is 0 Å². The fourth-order valence-electron chi connectivity index (χ4n) is 5.75. The molecule has 2 nitrogen and oxygen atoms in total. The number of rotatable bonds is 11. The largest absolute Gasteiger partial charge is 0.159 e. The quantitative estimate of drug-likeness (QED) is 0.135. The molecule has 0 N–H and O–H groups in total. The van der Waals surface area contributed by atoms with Gasteiger partial charge in [0.15, 0.2) is 0 Å². The molecule has 0 fully saturated rings. The van der Waals surface area contributed by atoms with Gasteiger partial charge < -0.3 is 0 Å². The molecule has 0 aliphatic heterocycles. The maximum absolute atomic E-state index is 4.13. The normalized spacial score (nSPS) is 21.7. The Morgan fingerprint density at radius 3 is 1.26 bits per heavy atom. The van der Waals surface area contributed by atoms with Crippen molar-refractivity contribution in [2.45, 2.75) is 108 Å². The summed E-state index contributed by atoms with van der Waals surface area (Å²) in [6.07, 6.45) is 36.8. The summed E-state index contributed by atoms with van der Waals surface area (Å²) < 4.78 is 0. The lowest BCUT2D eigenvalue weighted by Crippen LogP contribution is -2.19. The van der Waals surface area contributed by atoms with E-state index in [1.807, 2.05) is 12.2 Å². The Morgan fingerprint density at radius 1 is 0.548 bits per heavy atom. The van der Waals surface area contributed by atoms with Gasteiger partial charge in [-0.15, -0.1) is 0 Å². The number of hydrogen-bond acceptors (Lipinski definition) is 2. The molecule has 2 aliphatic carbocycles. The van der Waals surface area contributed by atoms with Crippen LogP contribution in [-0.2, 0) is 0 Å². The molecule has 0 aromatic rings. The van der Waals surface area contributed by atoms with Crippen LogP contribution in [0.5, 0.6) is 0 Å². The van der Waals surface area contributed by atoms with Gasteiger partial charge in [0.1, 0.15) is 0 Å². The zero-order valence-corrected chi connectivity index (χ0v) is 28.2. The van der Waals surface area contributed by atoms with E-state index in [9.17, 15) is 0 Å². The second-order valence-electron chi connectivity index (χ2n) is 13.4. The van der Waals surface area contributed by atoms with Crippen molar-refractivity contribution in [2.24, 2.45) is 21.0 Å². The summed E-state index contributed by atoms with van der Waals surface area (Å²) in [6.45, 7) is 22.4. The molecule has 226 valence electrons. The Morgan fingerprint density at radius 2 is 0.905 bits per heavy atom. The van der Waals surface area contributed by atoms with Crippen LogP contribution >= 0.6 is 0 Å². The molecule has 0 aromatic heterocycles. The van der Waals surface area contributed by atoms with Crippen molar-refractivity contribution in [1.82, 2.24) is 0 Å². The molecule has 0 bridgehead atoms. The fraction of sp³-hybridized carbons (Fsp3) is 0.450. The van der Waals surface area contributed by atoms with Crippen LogP contribution in [0, 0.1) is 10.8 Å². The first kappa shape index (κ1) is 34.9. The molecular formula is C40H56N2. The van der Waals surface area contributed by atoms with Gasteiger partial charge in [-0.2, -0.15) is 10.2 Å². The van der Waals surface area contributed by atoms with E-state index in [0.717, 1.165) is 11.1 Å². The number of hydrogen-bond donors (Lipinski definition) is 0. The predicted octanol–water partition coefficient (Wildman–Crippen LogP) is 12.1. The van der Waals surface area contributed by atoms with E-state index in [0.29, 0.717) is 0 Å². The van der Waals surface area contributed by atoms with Crippen molar-refractivity contribution in [1.29, 1.82) is 0 Å². The lowest BCUT2D eigenvalue weighted by Gasteiger charge is -2.33. The van der Waals surface area contributed by atoms with Gasteiger partial charge in [-0.05, 0) is 125 Å². The average molecular weight is 565 g/mol. The van der Waals surface area contributed by atoms with Crippen LogP contribution in [0.15, 0.2) is 128 Å². The molecule has 0 amide bonds. The van der Waals surface area contributed by atoms with Crippen LogP contribution in [0.25, 0.3) is 0 Å². The zero-order chi connectivity index (χ0) is 31.2. The van der Waals surface area contributed by atoms with Crippen LogP contribution in [0.4, 0.5) is 0 Å². The highest BCUT2D eigenvalue weighted by Gasteiger charge is 2.27. The standard InChI is InChI=1S/C40H56N2/c1-31(21-23-37-35(5)19-13-27-39(37,7)8)15-11-17-33(3)25-29-41-42-30-26-34(4)18-12-16-32(2)22-24-38-36(6)20-14-28-40(38,9)10/h11-12,15-18,21-26,29-30H,13-14,19-20,27-28H2,1-10H3.